The lowest BCUT2D eigenvalue weighted by atomic mass is 9.86. The fraction of sp³-hybridized carbons (Fsp3) is 0. The van der Waals surface area contributed by atoms with E-state index in [4.69, 9.17) is 11.6 Å². The maximum absolute atomic E-state index is 6.13. The van der Waals surface area contributed by atoms with Crippen molar-refractivity contribution in [3.05, 3.63) is 142 Å². The molecule has 6 aromatic carbocycles. The summed E-state index contributed by atoms with van der Waals surface area (Å²) >= 11 is 11.9. The van der Waals surface area contributed by atoms with E-state index < -0.39 is 0 Å². The van der Waals surface area contributed by atoms with Crippen molar-refractivity contribution in [1.29, 1.82) is 0 Å². The molecule has 0 fully saturated rings. The first-order chi connectivity index (χ1) is 19.2. The average molecular weight is 602 g/mol. The van der Waals surface area contributed by atoms with E-state index in [2.05, 4.69) is 137 Å². The molecule has 0 bridgehead atoms. The van der Waals surface area contributed by atoms with Crippen LogP contribution in [0.1, 0.15) is 0 Å². The van der Waals surface area contributed by atoms with Crippen LogP contribution in [-0.2, 0) is 0 Å². The Balaban J connectivity index is 1.56. The number of hydrogen-bond donors (Lipinski definition) is 0. The lowest BCUT2D eigenvalue weighted by Crippen LogP contribution is -1.90. The highest BCUT2D eigenvalue weighted by atomic mass is 79.9. The van der Waals surface area contributed by atoms with Crippen molar-refractivity contribution in [2.24, 2.45) is 0 Å². The van der Waals surface area contributed by atoms with Gasteiger partial charge in [0.2, 0.25) is 0 Å². The van der Waals surface area contributed by atoms with E-state index in [-0.39, 0.29) is 0 Å². The summed E-state index contributed by atoms with van der Waals surface area (Å²) in [4.78, 5) is 0. The van der Waals surface area contributed by atoms with Crippen molar-refractivity contribution in [1.82, 2.24) is 0 Å². The van der Waals surface area contributed by atoms with Gasteiger partial charge in [0.15, 0.2) is 0 Å². The van der Waals surface area contributed by atoms with Crippen LogP contribution >= 0.6 is 38.9 Å². The molecule has 0 saturated carbocycles. The van der Waals surface area contributed by atoms with Crippen LogP contribution in [0.2, 0.25) is 5.02 Å². The van der Waals surface area contributed by atoms with Crippen LogP contribution in [-0.4, -0.2) is 0 Å². The number of hydrogen-bond acceptors (Lipinski definition) is 1. The SMILES string of the molecule is Clc1ccc(-c2ccc(-c3c(-c4ccccc4)c4sc(Br)c(-c5ccccc5)c4c4ccccc34)cc2)cc1. The van der Waals surface area contributed by atoms with Crippen molar-refractivity contribution in [3.63, 3.8) is 0 Å². The minimum Gasteiger partial charge on any atom is -0.127 e. The van der Waals surface area contributed by atoms with Crippen LogP contribution in [0.4, 0.5) is 0 Å². The normalized spacial score (nSPS) is 11.3. The van der Waals surface area contributed by atoms with Crippen molar-refractivity contribution >= 4 is 59.7 Å². The van der Waals surface area contributed by atoms with Crippen molar-refractivity contribution in [2.75, 3.05) is 0 Å². The first-order valence-corrected chi connectivity index (χ1v) is 14.8. The van der Waals surface area contributed by atoms with E-state index in [0.717, 1.165) is 14.4 Å². The van der Waals surface area contributed by atoms with Gasteiger partial charge in [0, 0.05) is 26.2 Å². The largest absolute Gasteiger partial charge is 0.127 e. The number of halogens is 2. The highest BCUT2D eigenvalue weighted by Gasteiger charge is 2.23. The second-order valence-corrected chi connectivity index (χ2v) is 12.3. The van der Waals surface area contributed by atoms with Crippen LogP contribution in [0.25, 0.3) is 65.4 Å². The van der Waals surface area contributed by atoms with E-state index in [9.17, 15) is 0 Å². The zero-order valence-electron chi connectivity index (χ0n) is 20.9. The van der Waals surface area contributed by atoms with Gasteiger partial charge in [-0.05, 0) is 72.2 Å². The van der Waals surface area contributed by atoms with Crippen molar-refractivity contribution in [2.45, 2.75) is 0 Å². The first-order valence-electron chi connectivity index (χ1n) is 12.8. The smallest absolute Gasteiger partial charge is 0.0789 e. The first kappa shape index (κ1) is 24.4. The Morgan fingerprint density at radius 1 is 0.436 bits per heavy atom. The molecule has 0 spiro atoms. The molecule has 7 rings (SSSR count). The zero-order valence-corrected chi connectivity index (χ0v) is 24.0. The molecule has 1 heterocycles. The molecule has 186 valence electrons. The summed E-state index contributed by atoms with van der Waals surface area (Å²) in [5.41, 5.74) is 9.77. The number of fused-ring (bicyclic) bond motifs is 3. The summed E-state index contributed by atoms with van der Waals surface area (Å²) in [6.07, 6.45) is 0. The van der Waals surface area contributed by atoms with E-state index in [0.29, 0.717) is 0 Å². The standard InChI is InChI=1S/C36H22BrClS/c37-36-33(26-11-5-2-6-12-26)34-30-14-8-7-13-29(30)31(32(35(34)39-36)25-9-3-1-4-10-25)27-17-15-23(16-18-27)24-19-21-28(38)22-20-24/h1-22H. The van der Waals surface area contributed by atoms with Crippen LogP contribution in [0, 0.1) is 0 Å². The maximum atomic E-state index is 6.13. The molecule has 39 heavy (non-hydrogen) atoms. The topological polar surface area (TPSA) is 0 Å². The minimum absolute atomic E-state index is 0.750. The molecule has 0 aliphatic carbocycles. The van der Waals surface area contributed by atoms with Crippen LogP contribution < -0.4 is 0 Å². The number of benzene rings is 6. The molecular formula is C36H22BrClS. The summed E-state index contributed by atoms with van der Waals surface area (Å²) in [7, 11) is 0. The third kappa shape index (κ3) is 4.30. The Hall–Kier alpha value is -3.69. The molecular weight excluding hydrogens is 580 g/mol. The quantitative estimate of drug-likeness (QED) is 0.188. The van der Waals surface area contributed by atoms with Gasteiger partial charge in [0.1, 0.15) is 0 Å². The molecule has 0 N–H and O–H groups in total. The Kier molecular flexibility index (Phi) is 6.33. The van der Waals surface area contributed by atoms with Crippen LogP contribution in [0.3, 0.4) is 0 Å². The zero-order chi connectivity index (χ0) is 26.3. The van der Waals surface area contributed by atoms with E-state index >= 15 is 0 Å². The molecule has 0 nitrogen and oxygen atoms in total. The van der Waals surface area contributed by atoms with E-state index in [1.165, 1.54) is 59.8 Å². The minimum atomic E-state index is 0.750. The molecule has 3 heteroatoms. The highest BCUT2D eigenvalue weighted by Crippen LogP contribution is 2.53. The molecule has 0 unspecified atom stereocenters. The van der Waals surface area contributed by atoms with Gasteiger partial charge in [0.25, 0.3) is 0 Å². The van der Waals surface area contributed by atoms with Gasteiger partial charge in [-0.2, -0.15) is 0 Å². The summed E-state index contributed by atoms with van der Waals surface area (Å²) < 4.78 is 2.45. The Labute approximate surface area is 245 Å². The van der Waals surface area contributed by atoms with Crippen molar-refractivity contribution < 1.29 is 0 Å². The summed E-state index contributed by atoms with van der Waals surface area (Å²) in [6.45, 7) is 0. The molecule has 0 aliphatic rings. The summed E-state index contributed by atoms with van der Waals surface area (Å²) in [6, 6.07) is 47.3. The van der Waals surface area contributed by atoms with Gasteiger partial charge < -0.3 is 0 Å². The van der Waals surface area contributed by atoms with Crippen LogP contribution in [0.15, 0.2) is 137 Å². The molecule has 0 amide bonds. The van der Waals surface area contributed by atoms with Crippen molar-refractivity contribution in [3.8, 4) is 44.5 Å². The lowest BCUT2D eigenvalue weighted by Gasteiger charge is -2.17. The van der Waals surface area contributed by atoms with Gasteiger partial charge >= 0.3 is 0 Å². The highest BCUT2D eigenvalue weighted by molar-refractivity contribution is 9.11. The lowest BCUT2D eigenvalue weighted by molar-refractivity contribution is 1.60. The molecule has 7 aromatic rings. The fourth-order valence-electron chi connectivity index (χ4n) is 5.52. The second-order valence-electron chi connectivity index (χ2n) is 9.57. The third-order valence-electron chi connectivity index (χ3n) is 7.28. The van der Waals surface area contributed by atoms with Crippen LogP contribution in [0.5, 0.6) is 0 Å². The monoisotopic (exact) mass is 600 g/mol. The molecule has 0 radical (unpaired) electrons. The van der Waals surface area contributed by atoms with Gasteiger partial charge in [-0.3, -0.25) is 0 Å². The van der Waals surface area contributed by atoms with Gasteiger partial charge in [-0.1, -0.05) is 133 Å². The third-order valence-corrected chi connectivity index (χ3v) is 9.41. The van der Waals surface area contributed by atoms with E-state index in [1.54, 1.807) is 0 Å². The Bertz CT molecular complexity index is 1940. The van der Waals surface area contributed by atoms with Gasteiger partial charge in [0.05, 0.1) is 3.79 Å². The summed E-state index contributed by atoms with van der Waals surface area (Å²) in [5, 5.41) is 4.57. The molecule has 0 aliphatic heterocycles. The molecule has 0 atom stereocenters. The predicted octanol–water partition coefficient (Wildman–Crippen LogP) is 12.1. The predicted molar refractivity (Wildman–Crippen MR) is 174 cm³/mol. The van der Waals surface area contributed by atoms with E-state index in [1.807, 2.05) is 23.5 Å². The average Bonchev–Trinajstić information content (AvgIpc) is 3.34. The molecule has 1 aromatic heterocycles. The Morgan fingerprint density at radius 3 is 1.51 bits per heavy atom. The fourth-order valence-corrected chi connectivity index (χ4v) is 7.69. The Morgan fingerprint density at radius 2 is 0.897 bits per heavy atom. The van der Waals surface area contributed by atoms with Gasteiger partial charge in [-0.15, -0.1) is 11.3 Å². The van der Waals surface area contributed by atoms with Gasteiger partial charge in [-0.25, -0.2) is 0 Å². The number of thiophene rings is 1. The maximum Gasteiger partial charge on any atom is 0.0789 e. The second kappa shape index (κ2) is 10.1. The summed E-state index contributed by atoms with van der Waals surface area (Å²) in [5.74, 6) is 0. The molecule has 0 saturated heterocycles. The number of rotatable bonds is 4.